The molecule has 0 aliphatic heterocycles. The quantitative estimate of drug-likeness (QED) is 0.668. The van der Waals surface area contributed by atoms with Gasteiger partial charge in [-0.15, -0.1) is 0 Å². The maximum absolute atomic E-state index is 5.41. The van der Waals surface area contributed by atoms with Crippen LogP contribution in [0.4, 0.5) is 0 Å². The Kier molecular flexibility index (Phi) is 5.67. The lowest BCUT2D eigenvalue weighted by Gasteiger charge is -2.11. The smallest absolute Gasteiger partial charge is 0.123 e. The number of hydrogen-bond acceptors (Lipinski definition) is 3. The third-order valence-electron chi connectivity index (χ3n) is 3.80. The number of hydrogen-bond donors (Lipinski definition) is 1. The average molecular weight is 386 g/mol. The zero-order chi connectivity index (χ0) is 16.8. The van der Waals surface area contributed by atoms with E-state index in [1.807, 2.05) is 24.7 Å². The molecule has 0 aliphatic rings. The van der Waals surface area contributed by atoms with Gasteiger partial charge in [0.1, 0.15) is 5.75 Å². The molecule has 0 saturated heterocycles. The van der Waals surface area contributed by atoms with Gasteiger partial charge in [0.15, 0.2) is 0 Å². The van der Waals surface area contributed by atoms with Crippen LogP contribution in [0.5, 0.6) is 5.75 Å². The van der Waals surface area contributed by atoms with Crippen molar-refractivity contribution in [1.82, 2.24) is 14.9 Å². The second kappa shape index (κ2) is 8.13. The summed E-state index contributed by atoms with van der Waals surface area (Å²) in [5.74, 6) is 0.902. The molecule has 0 saturated carbocycles. The maximum atomic E-state index is 5.41. The lowest BCUT2D eigenvalue weighted by molar-refractivity contribution is 0.407. The molecule has 0 radical (unpaired) electrons. The van der Waals surface area contributed by atoms with Crippen molar-refractivity contribution in [3.63, 3.8) is 0 Å². The zero-order valence-electron chi connectivity index (χ0n) is 13.6. The van der Waals surface area contributed by atoms with E-state index in [1.54, 1.807) is 13.3 Å². The summed E-state index contributed by atoms with van der Waals surface area (Å²) in [5, 5.41) is 3.49. The van der Waals surface area contributed by atoms with Gasteiger partial charge >= 0.3 is 0 Å². The Hall–Kier alpha value is -2.11. The molecule has 4 nitrogen and oxygen atoms in total. The lowest BCUT2D eigenvalue weighted by Crippen LogP contribution is -2.13. The first kappa shape index (κ1) is 16.7. The van der Waals surface area contributed by atoms with E-state index in [4.69, 9.17) is 4.74 Å². The van der Waals surface area contributed by atoms with Gasteiger partial charge in [-0.25, -0.2) is 4.98 Å². The summed E-state index contributed by atoms with van der Waals surface area (Å²) in [7, 11) is 1.70. The average Bonchev–Trinajstić information content (AvgIpc) is 3.08. The molecule has 0 bridgehead atoms. The number of benzene rings is 2. The van der Waals surface area contributed by atoms with Crippen LogP contribution in [0.3, 0.4) is 0 Å². The number of imidazole rings is 1. The van der Waals surface area contributed by atoms with Crippen LogP contribution in [0.1, 0.15) is 16.7 Å². The minimum Gasteiger partial charge on any atom is -0.496 e. The first-order valence-corrected chi connectivity index (χ1v) is 8.60. The van der Waals surface area contributed by atoms with Crippen LogP contribution in [0.15, 0.2) is 65.7 Å². The van der Waals surface area contributed by atoms with Crippen LogP contribution >= 0.6 is 15.9 Å². The van der Waals surface area contributed by atoms with Crippen molar-refractivity contribution in [3.05, 3.63) is 82.3 Å². The molecular formula is C19H20BrN3O. The fourth-order valence-corrected chi connectivity index (χ4v) is 3.06. The number of nitrogens with one attached hydrogen (secondary N) is 1. The summed E-state index contributed by atoms with van der Waals surface area (Å²) in [6.07, 6.45) is 5.62. The molecule has 5 heteroatoms. The Morgan fingerprint density at radius 1 is 1.12 bits per heavy atom. The summed E-state index contributed by atoms with van der Waals surface area (Å²) < 4.78 is 8.54. The highest BCUT2D eigenvalue weighted by Crippen LogP contribution is 2.22. The topological polar surface area (TPSA) is 39.1 Å². The van der Waals surface area contributed by atoms with Crippen molar-refractivity contribution >= 4 is 15.9 Å². The Morgan fingerprint density at radius 2 is 2.00 bits per heavy atom. The van der Waals surface area contributed by atoms with E-state index in [9.17, 15) is 0 Å². The van der Waals surface area contributed by atoms with Crippen molar-refractivity contribution in [2.75, 3.05) is 7.11 Å². The van der Waals surface area contributed by atoms with Gasteiger partial charge in [0.2, 0.25) is 0 Å². The molecule has 0 amide bonds. The van der Waals surface area contributed by atoms with E-state index in [1.165, 1.54) is 11.1 Å². The molecule has 0 spiro atoms. The summed E-state index contributed by atoms with van der Waals surface area (Å²) in [4.78, 5) is 4.08. The largest absolute Gasteiger partial charge is 0.496 e. The number of ether oxygens (including phenoxy) is 1. The molecule has 0 fully saturated rings. The van der Waals surface area contributed by atoms with Gasteiger partial charge in [-0.3, -0.25) is 0 Å². The molecule has 24 heavy (non-hydrogen) atoms. The first-order valence-electron chi connectivity index (χ1n) is 7.81. The third kappa shape index (κ3) is 4.46. The van der Waals surface area contributed by atoms with Crippen molar-refractivity contribution < 1.29 is 4.74 Å². The van der Waals surface area contributed by atoms with Crippen molar-refractivity contribution in [1.29, 1.82) is 0 Å². The van der Waals surface area contributed by atoms with Gasteiger partial charge in [0.05, 0.1) is 13.4 Å². The first-order chi connectivity index (χ1) is 11.7. The van der Waals surface area contributed by atoms with E-state index in [0.717, 1.165) is 35.4 Å². The number of methoxy groups -OCH3 is 1. The fraction of sp³-hybridized carbons (Fsp3) is 0.211. The van der Waals surface area contributed by atoms with Gasteiger partial charge in [0, 0.05) is 42.1 Å². The fourth-order valence-electron chi connectivity index (χ4n) is 2.66. The monoisotopic (exact) mass is 385 g/mol. The molecule has 1 N–H and O–H groups in total. The van der Waals surface area contributed by atoms with Crippen LogP contribution in [0.25, 0.3) is 0 Å². The van der Waals surface area contributed by atoms with Gasteiger partial charge < -0.3 is 14.6 Å². The number of nitrogens with zero attached hydrogens (tertiary/aromatic N) is 2. The van der Waals surface area contributed by atoms with E-state index in [-0.39, 0.29) is 0 Å². The number of halogens is 1. The van der Waals surface area contributed by atoms with E-state index < -0.39 is 0 Å². The summed E-state index contributed by atoms with van der Waals surface area (Å²) in [5.41, 5.74) is 3.68. The molecule has 2 aromatic carbocycles. The van der Waals surface area contributed by atoms with E-state index in [0.29, 0.717) is 0 Å². The molecule has 3 rings (SSSR count). The summed E-state index contributed by atoms with van der Waals surface area (Å²) in [6, 6.07) is 14.7. The minimum absolute atomic E-state index is 0.758. The Balaban J connectivity index is 1.60. The molecular weight excluding hydrogens is 366 g/mol. The van der Waals surface area contributed by atoms with Crippen LogP contribution in [0.2, 0.25) is 0 Å². The predicted molar refractivity (Wildman–Crippen MR) is 99.0 cm³/mol. The molecule has 124 valence electrons. The summed E-state index contributed by atoms with van der Waals surface area (Å²) >= 11 is 3.51. The van der Waals surface area contributed by atoms with E-state index in [2.05, 4.69) is 61.1 Å². The van der Waals surface area contributed by atoms with Crippen LogP contribution in [-0.2, 0) is 19.6 Å². The lowest BCUT2D eigenvalue weighted by atomic mass is 10.1. The second-order valence-electron chi connectivity index (χ2n) is 5.61. The molecule has 0 atom stereocenters. The summed E-state index contributed by atoms with van der Waals surface area (Å²) in [6.45, 7) is 2.41. The molecule has 0 unspecified atom stereocenters. The Morgan fingerprint density at radius 3 is 2.79 bits per heavy atom. The van der Waals surface area contributed by atoms with Gasteiger partial charge in [-0.1, -0.05) is 40.2 Å². The van der Waals surface area contributed by atoms with Crippen LogP contribution < -0.4 is 10.1 Å². The predicted octanol–water partition coefficient (Wildman–Crippen LogP) is 3.99. The maximum Gasteiger partial charge on any atom is 0.123 e. The Bertz CT molecular complexity index is 787. The standard InChI is InChI=1S/C19H20BrN3O/c1-24-19-6-5-18(20)10-17(19)12-22-11-15-3-2-4-16(9-15)13-23-8-7-21-14-23/h2-10,14,22H,11-13H2,1H3. The van der Waals surface area contributed by atoms with Crippen molar-refractivity contribution in [2.24, 2.45) is 0 Å². The number of rotatable bonds is 7. The SMILES string of the molecule is COc1ccc(Br)cc1CNCc1cccc(Cn2ccnc2)c1. The van der Waals surface area contributed by atoms with E-state index >= 15 is 0 Å². The van der Waals surface area contributed by atoms with Crippen LogP contribution in [0, 0.1) is 0 Å². The number of aromatic nitrogens is 2. The molecule has 1 aromatic heterocycles. The minimum atomic E-state index is 0.758. The van der Waals surface area contributed by atoms with Gasteiger partial charge in [0.25, 0.3) is 0 Å². The van der Waals surface area contributed by atoms with Crippen LogP contribution in [-0.4, -0.2) is 16.7 Å². The van der Waals surface area contributed by atoms with Gasteiger partial charge in [-0.2, -0.15) is 0 Å². The van der Waals surface area contributed by atoms with Crippen molar-refractivity contribution in [3.8, 4) is 5.75 Å². The highest BCUT2D eigenvalue weighted by molar-refractivity contribution is 9.10. The third-order valence-corrected chi connectivity index (χ3v) is 4.30. The zero-order valence-corrected chi connectivity index (χ0v) is 15.2. The highest BCUT2D eigenvalue weighted by Gasteiger charge is 2.04. The molecule has 0 aliphatic carbocycles. The molecule has 3 aromatic rings. The van der Waals surface area contributed by atoms with Gasteiger partial charge in [-0.05, 0) is 29.3 Å². The highest BCUT2D eigenvalue weighted by atomic mass is 79.9. The van der Waals surface area contributed by atoms with Crippen molar-refractivity contribution in [2.45, 2.75) is 19.6 Å². The second-order valence-corrected chi connectivity index (χ2v) is 6.53. The Labute approximate surface area is 150 Å². The molecule has 1 heterocycles. The normalized spacial score (nSPS) is 10.8.